The highest BCUT2D eigenvalue weighted by atomic mass is 32.1. The number of anilines is 1. The van der Waals surface area contributed by atoms with Gasteiger partial charge in [-0.2, -0.15) is 0 Å². The second kappa shape index (κ2) is 8.27. The van der Waals surface area contributed by atoms with Crippen LogP contribution in [0.4, 0.5) is 5.13 Å². The van der Waals surface area contributed by atoms with E-state index in [1.165, 1.54) is 4.88 Å². The molecule has 1 aliphatic heterocycles. The molecular formula is C20H27N3O3S. The highest BCUT2D eigenvalue weighted by molar-refractivity contribution is 7.15. The van der Waals surface area contributed by atoms with Crippen LogP contribution < -0.4 is 20.1 Å². The van der Waals surface area contributed by atoms with E-state index in [1.54, 1.807) is 25.6 Å². The lowest BCUT2D eigenvalue weighted by molar-refractivity contribution is -0.120. The molecule has 1 saturated heterocycles. The number of thiazole rings is 1. The molecule has 146 valence electrons. The van der Waals surface area contributed by atoms with Crippen molar-refractivity contribution in [1.29, 1.82) is 0 Å². The van der Waals surface area contributed by atoms with Crippen molar-refractivity contribution in [3.8, 4) is 11.5 Å². The topological polar surface area (TPSA) is 72.5 Å². The molecule has 0 bridgehead atoms. The number of ether oxygens (including phenoxy) is 2. The molecule has 7 heteroatoms. The summed E-state index contributed by atoms with van der Waals surface area (Å²) in [6, 6.07) is 5.56. The molecule has 0 spiro atoms. The van der Waals surface area contributed by atoms with E-state index in [9.17, 15) is 4.79 Å². The van der Waals surface area contributed by atoms with Crippen molar-refractivity contribution in [1.82, 2.24) is 10.3 Å². The molecule has 0 radical (unpaired) electrons. The average Bonchev–Trinajstić information content (AvgIpc) is 3.16. The van der Waals surface area contributed by atoms with Gasteiger partial charge in [0.25, 0.3) is 0 Å². The Morgan fingerprint density at radius 1 is 1.22 bits per heavy atom. The molecule has 2 aromatic rings. The summed E-state index contributed by atoms with van der Waals surface area (Å²) in [5.41, 5.74) is 0.118. The Kier molecular flexibility index (Phi) is 6.01. The molecule has 3 rings (SSSR count). The lowest BCUT2D eigenvalue weighted by atomic mass is 9.83. The average molecular weight is 390 g/mol. The summed E-state index contributed by atoms with van der Waals surface area (Å²) in [6.07, 6.45) is 4.14. The van der Waals surface area contributed by atoms with Crippen LogP contribution in [0.15, 0.2) is 24.4 Å². The number of amides is 1. The van der Waals surface area contributed by atoms with Crippen molar-refractivity contribution in [2.45, 2.75) is 38.0 Å². The molecule has 1 aromatic heterocycles. The minimum Gasteiger partial charge on any atom is -0.493 e. The Morgan fingerprint density at radius 2 is 1.93 bits per heavy atom. The van der Waals surface area contributed by atoms with Gasteiger partial charge in [-0.05, 0) is 63.4 Å². The van der Waals surface area contributed by atoms with Gasteiger partial charge in [-0.1, -0.05) is 6.07 Å². The highest BCUT2D eigenvalue weighted by Gasteiger charge is 2.31. The van der Waals surface area contributed by atoms with Crippen molar-refractivity contribution in [2.24, 2.45) is 0 Å². The fraction of sp³-hybridized carbons (Fsp3) is 0.500. The predicted octanol–water partition coefficient (Wildman–Crippen LogP) is 3.54. The monoisotopic (exact) mass is 389 g/mol. The molecule has 1 aromatic carbocycles. The maximum absolute atomic E-state index is 12.9. The molecule has 0 atom stereocenters. The summed E-state index contributed by atoms with van der Waals surface area (Å²) < 4.78 is 10.7. The molecule has 6 nitrogen and oxygen atoms in total. The van der Waals surface area contributed by atoms with E-state index in [0.29, 0.717) is 22.5 Å². The summed E-state index contributed by atoms with van der Waals surface area (Å²) in [5, 5.41) is 7.02. The maximum atomic E-state index is 12.9. The maximum Gasteiger partial charge on any atom is 0.236 e. The zero-order valence-corrected chi connectivity index (χ0v) is 17.1. The molecule has 0 unspecified atom stereocenters. The number of benzene rings is 1. The van der Waals surface area contributed by atoms with E-state index in [1.807, 2.05) is 38.2 Å². The summed E-state index contributed by atoms with van der Waals surface area (Å²) in [5.74, 6) is 1.69. The predicted molar refractivity (Wildman–Crippen MR) is 108 cm³/mol. The van der Waals surface area contributed by atoms with Crippen molar-refractivity contribution in [3.63, 3.8) is 0 Å². The summed E-state index contributed by atoms with van der Waals surface area (Å²) in [6.45, 7) is 5.86. The first-order valence-corrected chi connectivity index (χ1v) is 9.97. The Morgan fingerprint density at radius 3 is 2.59 bits per heavy atom. The number of carbonyl (C=O) groups excluding carboxylic acids is 1. The van der Waals surface area contributed by atoms with Crippen LogP contribution in [0.2, 0.25) is 0 Å². The summed E-state index contributed by atoms with van der Waals surface area (Å²) in [7, 11) is 3.18. The smallest absolute Gasteiger partial charge is 0.236 e. The van der Waals surface area contributed by atoms with Gasteiger partial charge >= 0.3 is 0 Å². The van der Waals surface area contributed by atoms with E-state index < -0.39 is 5.41 Å². The van der Waals surface area contributed by atoms with Gasteiger partial charge < -0.3 is 20.1 Å². The molecule has 2 N–H and O–H groups in total. The van der Waals surface area contributed by atoms with Gasteiger partial charge in [-0.15, -0.1) is 11.3 Å². The zero-order valence-electron chi connectivity index (χ0n) is 16.3. The lowest BCUT2D eigenvalue weighted by Gasteiger charge is -2.24. The Hall–Kier alpha value is -2.12. The molecular weight excluding hydrogens is 362 g/mol. The number of rotatable bonds is 6. The SMILES string of the molecule is COc1ccc(C(C)(C)C(=O)Nc2ncc(C3CCNCC3)s2)cc1OC. The number of hydrogen-bond acceptors (Lipinski definition) is 6. The van der Waals surface area contributed by atoms with E-state index in [2.05, 4.69) is 15.6 Å². The van der Waals surface area contributed by atoms with E-state index in [-0.39, 0.29) is 5.91 Å². The van der Waals surface area contributed by atoms with Crippen molar-refractivity contribution >= 4 is 22.4 Å². The van der Waals surface area contributed by atoms with Crippen molar-refractivity contribution < 1.29 is 14.3 Å². The number of nitrogens with zero attached hydrogens (tertiary/aromatic N) is 1. The Balaban J connectivity index is 1.74. The minimum atomic E-state index is -0.736. The highest BCUT2D eigenvalue weighted by Crippen LogP contribution is 2.35. The fourth-order valence-electron chi connectivity index (χ4n) is 3.25. The molecule has 1 fully saturated rings. The third kappa shape index (κ3) is 4.25. The normalized spacial score (nSPS) is 15.4. The van der Waals surface area contributed by atoms with Crippen LogP contribution in [0, 0.1) is 0 Å². The van der Waals surface area contributed by atoms with Crippen LogP contribution in [-0.4, -0.2) is 38.2 Å². The van der Waals surface area contributed by atoms with Crippen molar-refractivity contribution in [2.75, 3.05) is 32.6 Å². The standard InChI is InChI=1S/C20H27N3O3S/c1-20(2,14-5-6-15(25-3)16(11-14)26-4)18(24)23-19-22-12-17(27-19)13-7-9-21-10-8-13/h5-6,11-13,21H,7-10H2,1-4H3,(H,22,23,24). The Bertz CT molecular complexity index is 798. The molecule has 0 saturated carbocycles. The second-order valence-electron chi connectivity index (χ2n) is 7.24. The number of methoxy groups -OCH3 is 2. The number of aromatic nitrogens is 1. The summed E-state index contributed by atoms with van der Waals surface area (Å²) >= 11 is 1.58. The van der Waals surface area contributed by atoms with Gasteiger partial charge in [0.1, 0.15) is 0 Å². The molecule has 0 aliphatic carbocycles. The number of carbonyl (C=O) groups is 1. The van der Waals surface area contributed by atoms with Gasteiger partial charge in [0.15, 0.2) is 16.6 Å². The van der Waals surface area contributed by atoms with Gasteiger partial charge in [-0.25, -0.2) is 4.98 Å². The molecule has 2 heterocycles. The van der Waals surface area contributed by atoms with Gasteiger partial charge in [0, 0.05) is 11.1 Å². The van der Waals surface area contributed by atoms with Gasteiger partial charge in [0.2, 0.25) is 5.91 Å². The van der Waals surface area contributed by atoms with Crippen LogP contribution in [-0.2, 0) is 10.2 Å². The largest absolute Gasteiger partial charge is 0.493 e. The van der Waals surface area contributed by atoms with Gasteiger partial charge in [0.05, 0.1) is 19.6 Å². The number of piperidine rings is 1. The van der Waals surface area contributed by atoms with Crippen LogP contribution in [0.3, 0.4) is 0 Å². The second-order valence-corrected chi connectivity index (χ2v) is 8.30. The molecule has 1 amide bonds. The molecule has 1 aliphatic rings. The third-order valence-electron chi connectivity index (χ3n) is 5.16. The van der Waals surface area contributed by atoms with E-state index in [4.69, 9.17) is 9.47 Å². The third-order valence-corrected chi connectivity index (χ3v) is 6.23. The van der Waals surface area contributed by atoms with Crippen LogP contribution in [0.1, 0.15) is 43.0 Å². The minimum absolute atomic E-state index is 0.0964. The van der Waals surface area contributed by atoms with Crippen molar-refractivity contribution in [3.05, 3.63) is 34.8 Å². The van der Waals surface area contributed by atoms with E-state index >= 15 is 0 Å². The quantitative estimate of drug-likeness (QED) is 0.791. The first-order chi connectivity index (χ1) is 13.0. The van der Waals surface area contributed by atoms with E-state index in [0.717, 1.165) is 31.5 Å². The fourth-order valence-corrected chi connectivity index (χ4v) is 4.23. The number of hydrogen-bond donors (Lipinski definition) is 2. The van der Waals surface area contributed by atoms with Crippen LogP contribution in [0.5, 0.6) is 11.5 Å². The Labute approximate surface area is 164 Å². The van der Waals surface area contributed by atoms with Crippen LogP contribution in [0.25, 0.3) is 0 Å². The van der Waals surface area contributed by atoms with Crippen LogP contribution >= 0.6 is 11.3 Å². The lowest BCUT2D eigenvalue weighted by Crippen LogP contribution is -2.34. The first-order valence-electron chi connectivity index (χ1n) is 9.16. The molecule has 27 heavy (non-hydrogen) atoms. The zero-order chi connectivity index (χ0) is 19.4. The first kappa shape index (κ1) is 19.6. The summed E-state index contributed by atoms with van der Waals surface area (Å²) in [4.78, 5) is 18.6. The number of nitrogens with one attached hydrogen (secondary N) is 2. The van der Waals surface area contributed by atoms with Gasteiger partial charge in [-0.3, -0.25) is 4.79 Å².